The van der Waals surface area contributed by atoms with Gasteiger partial charge in [0.1, 0.15) is 11.9 Å². The van der Waals surface area contributed by atoms with Crippen molar-refractivity contribution >= 4 is 28.6 Å². The van der Waals surface area contributed by atoms with Gasteiger partial charge in [0.25, 0.3) is 0 Å². The van der Waals surface area contributed by atoms with Crippen LogP contribution in [0.15, 0.2) is 18.2 Å². The second-order valence-electron chi connectivity index (χ2n) is 3.07. The van der Waals surface area contributed by atoms with Crippen LogP contribution in [-0.2, 0) is 16.0 Å². The van der Waals surface area contributed by atoms with E-state index in [1.807, 2.05) is 0 Å². The van der Waals surface area contributed by atoms with E-state index in [4.69, 9.17) is 5.73 Å². The van der Waals surface area contributed by atoms with Crippen LogP contribution in [0.3, 0.4) is 0 Å². The standard InChI is InChI=1S/C10H11FINO2/c1-15-10(14)9(13)5-6-4-7(12)2-3-8(6)11/h2-4,9H,5,13H2,1H3/t9-/m0/s1. The second-order valence-corrected chi connectivity index (χ2v) is 4.32. The summed E-state index contributed by atoms with van der Waals surface area (Å²) in [5.41, 5.74) is 5.97. The lowest BCUT2D eigenvalue weighted by atomic mass is 10.1. The summed E-state index contributed by atoms with van der Waals surface area (Å²) in [5.74, 6) is -0.886. The highest BCUT2D eigenvalue weighted by atomic mass is 127. The predicted molar refractivity (Wildman–Crippen MR) is 62.8 cm³/mol. The average molecular weight is 323 g/mol. The molecule has 0 amide bonds. The van der Waals surface area contributed by atoms with Crippen molar-refractivity contribution < 1.29 is 13.9 Å². The van der Waals surface area contributed by atoms with E-state index in [-0.39, 0.29) is 12.2 Å². The number of methoxy groups -OCH3 is 1. The molecule has 0 saturated heterocycles. The van der Waals surface area contributed by atoms with Crippen molar-refractivity contribution in [3.63, 3.8) is 0 Å². The lowest BCUT2D eigenvalue weighted by Crippen LogP contribution is -2.33. The second kappa shape index (κ2) is 5.41. The van der Waals surface area contributed by atoms with Gasteiger partial charge in [-0.15, -0.1) is 0 Å². The van der Waals surface area contributed by atoms with Crippen molar-refractivity contribution in [2.45, 2.75) is 12.5 Å². The third-order valence-electron chi connectivity index (χ3n) is 1.95. The molecular weight excluding hydrogens is 312 g/mol. The number of benzene rings is 1. The molecule has 0 radical (unpaired) electrons. The molecule has 0 aliphatic heterocycles. The lowest BCUT2D eigenvalue weighted by molar-refractivity contribution is -0.142. The minimum atomic E-state index is -0.817. The van der Waals surface area contributed by atoms with E-state index in [1.165, 1.54) is 13.2 Å². The van der Waals surface area contributed by atoms with Gasteiger partial charge >= 0.3 is 5.97 Å². The molecule has 0 fully saturated rings. The number of hydrogen-bond acceptors (Lipinski definition) is 3. The summed E-state index contributed by atoms with van der Waals surface area (Å²) in [4.78, 5) is 11.0. The highest BCUT2D eigenvalue weighted by molar-refractivity contribution is 14.1. The number of halogens is 2. The zero-order valence-electron chi connectivity index (χ0n) is 8.17. The van der Waals surface area contributed by atoms with Gasteiger partial charge in [-0.1, -0.05) is 0 Å². The molecule has 0 aliphatic rings. The first-order valence-electron chi connectivity index (χ1n) is 4.32. The number of carbonyl (C=O) groups is 1. The number of carbonyl (C=O) groups excluding carboxylic acids is 1. The summed E-state index contributed by atoms with van der Waals surface area (Å²) in [6, 6.07) is 3.87. The zero-order valence-corrected chi connectivity index (χ0v) is 10.3. The van der Waals surface area contributed by atoms with Gasteiger partial charge in [-0.3, -0.25) is 4.79 Å². The van der Waals surface area contributed by atoms with E-state index in [1.54, 1.807) is 12.1 Å². The summed E-state index contributed by atoms with van der Waals surface area (Å²) in [6.07, 6.45) is 0.148. The van der Waals surface area contributed by atoms with Crippen LogP contribution in [0, 0.1) is 9.39 Å². The molecule has 1 aromatic carbocycles. The fourth-order valence-corrected chi connectivity index (χ4v) is 1.73. The first-order chi connectivity index (χ1) is 7.04. The Bertz CT molecular complexity index is 370. The fraction of sp³-hybridized carbons (Fsp3) is 0.300. The number of hydrogen-bond donors (Lipinski definition) is 1. The quantitative estimate of drug-likeness (QED) is 0.677. The molecule has 0 aliphatic carbocycles. The Morgan fingerprint density at radius 2 is 2.33 bits per heavy atom. The minimum absolute atomic E-state index is 0.148. The van der Waals surface area contributed by atoms with Gasteiger partial charge < -0.3 is 10.5 Å². The van der Waals surface area contributed by atoms with Gasteiger partial charge in [-0.05, 0) is 46.4 Å². The van der Waals surface area contributed by atoms with E-state index in [0.717, 1.165) is 3.57 Å². The largest absolute Gasteiger partial charge is 0.468 e. The van der Waals surface area contributed by atoms with Gasteiger partial charge in [0, 0.05) is 9.99 Å². The molecule has 0 bridgehead atoms. The van der Waals surface area contributed by atoms with Crippen LogP contribution in [0.4, 0.5) is 4.39 Å². The van der Waals surface area contributed by atoms with Gasteiger partial charge in [0.05, 0.1) is 7.11 Å². The van der Waals surface area contributed by atoms with Crippen molar-refractivity contribution in [2.75, 3.05) is 7.11 Å². The van der Waals surface area contributed by atoms with Crippen LogP contribution in [0.5, 0.6) is 0 Å². The minimum Gasteiger partial charge on any atom is -0.468 e. The highest BCUT2D eigenvalue weighted by Crippen LogP contribution is 2.14. The summed E-state index contributed by atoms with van der Waals surface area (Å²) in [6.45, 7) is 0. The smallest absolute Gasteiger partial charge is 0.322 e. The van der Waals surface area contributed by atoms with Crippen molar-refractivity contribution in [3.05, 3.63) is 33.1 Å². The maximum atomic E-state index is 13.3. The van der Waals surface area contributed by atoms with Crippen molar-refractivity contribution in [2.24, 2.45) is 5.73 Å². The average Bonchev–Trinajstić information content (AvgIpc) is 2.22. The third kappa shape index (κ3) is 3.42. The SMILES string of the molecule is COC(=O)[C@@H](N)Cc1cc(I)ccc1F. The Morgan fingerprint density at radius 1 is 1.67 bits per heavy atom. The summed E-state index contributed by atoms with van der Waals surface area (Å²) < 4.78 is 18.7. The molecule has 0 spiro atoms. The van der Waals surface area contributed by atoms with Gasteiger partial charge in [0.2, 0.25) is 0 Å². The van der Waals surface area contributed by atoms with E-state index < -0.39 is 12.0 Å². The van der Waals surface area contributed by atoms with Crippen molar-refractivity contribution in [1.29, 1.82) is 0 Å². The van der Waals surface area contributed by atoms with Crippen LogP contribution < -0.4 is 5.73 Å². The van der Waals surface area contributed by atoms with E-state index >= 15 is 0 Å². The highest BCUT2D eigenvalue weighted by Gasteiger charge is 2.16. The van der Waals surface area contributed by atoms with Crippen LogP contribution >= 0.6 is 22.6 Å². The molecule has 1 aromatic rings. The zero-order chi connectivity index (χ0) is 11.4. The molecular formula is C10H11FINO2. The number of nitrogens with two attached hydrogens (primary N) is 1. The van der Waals surface area contributed by atoms with Crippen LogP contribution in [-0.4, -0.2) is 19.1 Å². The molecule has 0 aromatic heterocycles. The topological polar surface area (TPSA) is 52.3 Å². The molecule has 0 unspecified atom stereocenters. The predicted octanol–water partition coefficient (Wildman–Crippen LogP) is 1.47. The van der Waals surface area contributed by atoms with Crippen molar-refractivity contribution in [3.8, 4) is 0 Å². The molecule has 1 atom stereocenters. The summed E-state index contributed by atoms with van der Waals surface area (Å²) >= 11 is 2.07. The third-order valence-corrected chi connectivity index (χ3v) is 2.62. The molecule has 1 rings (SSSR count). The Hall–Kier alpha value is -0.690. The molecule has 3 nitrogen and oxygen atoms in total. The number of rotatable bonds is 3. The maximum Gasteiger partial charge on any atom is 0.322 e. The van der Waals surface area contributed by atoms with Gasteiger partial charge in [0.15, 0.2) is 0 Å². The molecule has 82 valence electrons. The Morgan fingerprint density at radius 3 is 2.93 bits per heavy atom. The van der Waals surface area contributed by atoms with E-state index in [0.29, 0.717) is 5.56 Å². The molecule has 2 N–H and O–H groups in total. The first-order valence-corrected chi connectivity index (χ1v) is 5.40. The fourth-order valence-electron chi connectivity index (χ4n) is 1.17. The Balaban J connectivity index is 2.80. The summed E-state index contributed by atoms with van der Waals surface area (Å²) in [7, 11) is 1.26. The molecule has 5 heteroatoms. The van der Waals surface area contributed by atoms with Crippen LogP contribution in [0.2, 0.25) is 0 Å². The normalized spacial score (nSPS) is 12.3. The van der Waals surface area contributed by atoms with E-state index in [9.17, 15) is 9.18 Å². The number of ether oxygens (including phenoxy) is 1. The monoisotopic (exact) mass is 323 g/mol. The lowest BCUT2D eigenvalue weighted by Gasteiger charge is -2.10. The van der Waals surface area contributed by atoms with E-state index in [2.05, 4.69) is 27.3 Å². The maximum absolute atomic E-state index is 13.3. The Labute approximate surface area is 101 Å². The van der Waals surface area contributed by atoms with Gasteiger partial charge in [-0.25, -0.2) is 4.39 Å². The molecule has 15 heavy (non-hydrogen) atoms. The molecule has 0 saturated carbocycles. The molecule has 0 heterocycles. The van der Waals surface area contributed by atoms with Crippen LogP contribution in [0.1, 0.15) is 5.56 Å². The summed E-state index contributed by atoms with van der Waals surface area (Å²) in [5, 5.41) is 0. The first kappa shape index (κ1) is 12.4. The number of esters is 1. The Kier molecular flexibility index (Phi) is 4.46. The van der Waals surface area contributed by atoms with Crippen LogP contribution in [0.25, 0.3) is 0 Å². The van der Waals surface area contributed by atoms with Gasteiger partial charge in [-0.2, -0.15) is 0 Å². The van der Waals surface area contributed by atoms with Crippen molar-refractivity contribution in [1.82, 2.24) is 0 Å².